The van der Waals surface area contributed by atoms with Gasteiger partial charge in [0.15, 0.2) is 0 Å². The molecule has 1 aromatic carbocycles. The van der Waals surface area contributed by atoms with E-state index in [1.807, 2.05) is 12.1 Å². The molecule has 2 aromatic rings. The normalized spacial score (nSPS) is 11.5. The van der Waals surface area contributed by atoms with Gasteiger partial charge in [-0.25, -0.2) is 13.1 Å². The maximum Gasteiger partial charge on any atom is 0.242 e. The van der Waals surface area contributed by atoms with Crippen LogP contribution in [-0.2, 0) is 16.4 Å². The maximum absolute atomic E-state index is 12.1. The summed E-state index contributed by atoms with van der Waals surface area (Å²) in [4.78, 5) is 4.10. The number of sulfonamides is 1. The first kappa shape index (κ1) is 15.3. The molecule has 0 fully saturated rings. The highest BCUT2D eigenvalue weighted by molar-refractivity contribution is 7.89. The smallest absolute Gasteiger partial charge is 0.242 e. The molecule has 106 valence electrons. The summed E-state index contributed by atoms with van der Waals surface area (Å²) in [6, 6.07) is 9.81. The summed E-state index contributed by atoms with van der Waals surface area (Å²) in [6.07, 6.45) is 2.16. The molecular formula is C13H12Cl2N2O2S. The Hall–Kier alpha value is -1.14. The summed E-state index contributed by atoms with van der Waals surface area (Å²) in [7, 11) is -3.68. The number of rotatable bonds is 5. The molecule has 4 nitrogen and oxygen atoms in total. The third kappa shape index (κ3) is 3.93. The van der Waals surface area contributed by atoms with Crippen molar-refractivity contribution in [1.29, 1.82) is 0 Å². The predicted octanol–water partition coefficient (Wildman–Crippen LogP) is 2.91. The van der Waals surface area contributed by atoms with Crippen LogP contribution in [0, 0.1) is 0 Å². The first-order valence-corrected chi connectivity index (χ1v) is 8.07. The third-order valence-electron chi connectivity index (χ3n) is 2.58. The third-order valence-corrected chi connectivity index (χ3v) is 4.76. The second-order valence-electron chi connectivity index (χ2n) is 4.04. The molecule has 20 heavy (non-hydrogen) atoms. The Kier molecular flexibility index (Phi) is 4.99. The fourth-order valence-corrected chi connectivity index (χ4v) is 3.41. The molecule has 7 heteroatoms. The van der Waals surface area contributed by atoms with E-state index in [1.54, 1.807) is 12.3 Å². The predicted molar refractivity (Wildman–Crippen MR) is 79.6 cm³/mol. The second kappa shape index (κ2) is 6.54. The van der Waals surface area contributed by atoms with E-state index >= 15 is 0 Å². The molecule has 2 rings (SSSR count). The molecule has 0 aliphatic carbocycles. The van der Waals surface area contributed by atoms with Crippen LogP contribution in [0.15, 0.2) is 47.5 Å². The van der Waals surface area contributed by atoms with Gasteiger partial charge in [0.25, 0.3) is 0 Å². The Morgan fingerprint density at radius 1 is 1.15 bits per heavy atom. The van der Waals surface area contributed by atoms with Crippen LogP contribution in [0.4, 0.5) is 0 Å². The highest BCUT2D eigenvalue weighted by Gasteiger charge is 2.17. The van der Waals surface area contributed by atoms with Gasteiger partial charge < -0.3 is 0 Å². The average molecular weight is 331 g/mol. The number of nitrogens with zero attached hydrogens (tertiary/aromatic N) is 1. The number of aromatic nitrogens is 1. The molecule has 0 amide bonds. The van der Waals surface area contributed by atoms with Crippen LogP contribution in [0.5, 0.6) is 0 Å². The van der Waals surface area contributed by atoms with Crippen LogP contribution in [0.3, 0.4) is 0 Å². The minimum absolute atomic E-state index is 0.0207. The molecule has 0 radical (unpaired) electrons. The van der Waals surface area contributed by atoms with E-state index in [2.05, 4.69) is 9.71 Å². The van der Waals surface area contributed by atoms with Gasteiger partial charge in [0, 0.05) is 29.9 Å². The fourth-order valence-electron chi connectivity index (χ4n) is 1.62. The molecule has 1 aromatic heterocycles. The minimum atomic E-state index is -3.68. The monoisotopic (exact) mass is 330 g/mol. The highest BCUT2D eigenvalue weighted by Crippen LogP contribution is 2.24. The molecule has 0 aliphatic rings. The summed E-state index contributed by atoms with van der Waals surface area (Å²) >= 11 is 11.7. The van der Waals surface area contributed by atoms with E-state index in [0.717, 1.165) is 5.69 Å². The van der Waals surface area contributed by atoms with Gasteiger partial charge in [-0.05, 0) is 30.3 Å². The van der Waals surface area contributed by atoms with Gasteiger partial charge in [-0.3, -0.25) is 4.98 Å². The van der Waals surface area contributed by atoms with Gasteiger partial charge in [-0.2, -0.15) is 0 Å². The Morgan fingerprint density at radius 3 is 2.65 bits per heavy atom. The van der Waals surface area contributed by atoms with Crippen LogP contribution in [0.2, 0.25) is 10.0 Å². The zero-order valence-electron chi connectivity index (χ0n) is 10.4. The number of nitrogens with one attached hydrogen (secondary N) is 1. The second-order valence-corrected chi connectivity index (χ2v) is 6.62. The summed E-state index contributed by atoms with van der Waals surface area (Å²) < 4.78 is 26.7. The standard InChI is InChI=1S/C13H12Cl2N2O2S/c14-10-4-5-12(15)13(9-10)20(18,19)17-8-6-11-3-1-2-7-16-11/h1-5,7,9,17H,6,8H2. The topological polar surface area (TPSA) is 59.1 Å². The number of halogens is 2. The summed E-state index contributed by atoms with van der Waals surface area (Å²) in [5.41, 5.74) is 0.812. The number of hydrogen-bond donors (Lipinski definition) is 1. The van der Waals surface area contributed by atoms with E-state index in [9.17, 15) is 8.42 Å². The molecule has 1 heterocycles. The van der Waals surface area contributed by atoms with Crippen molar-refractivity contribution in [3.05, 3.63) is 58.3 Å². The Labute approximate surface area is 127 Å². The van der Waals surface area contributed by atoms with Crippen molar-refractivity contribution in [3.63, 3.8) is 0 Å². The lowest BCUT2D eigenvalue weighted by Crippen LogP contribution is -2.26. The minimum Gasteiger partial charge on any atom is -0.261 e. The van der Waals surface area contributed by atoms with Gasteiger partial charge in [0.1, 0.15) is 4.90 Å². The molecule has 0 spiro atoms. The molecular weight excluding hydrogens is 319 g/mol. The van der Waals surface area contributed by atoms with E-state index in [-0.39, 0.29) is 16.5 Å². The van der Waals surface area contributed by atoms with Crippen LogP contribution < -0.4 is 4.72 Å². The van der Waals surface area contributed by atoms with Crippen molar-refractivity contribution in [1.82, 2.24) is 9.71 Å². The quantitative estimate of drug-likeness (QED) is 0.916. The van der Waals surface area contributed by atoms with Crippen molar-refractivity contribution in [2.75, 3.05) is 6.54 Å². The Bertz CT molecular complexity index is 691. The van der Waals surface area contributed by atoms with E-state index < -0.39 is 10.0 Å². The van der Waals surface area contributed by atoms with Gasteiger partial charge in [-0.15, -0.1) is 0 Å². The van der Waals surface area contributed by atoms with Gasteiger partial charge in [0.05, 0.1) is 5.02 Å². The molecule has 0 unspecified atom stereocenters. The largest absolute Gasteiger partial charge is 0.261 e. The first-order chi connectivity index (χ1) is 9.49. The maximum atomic E-state index is 12.1. The van der Waals surface area contributed by atoms with Gasteiger partial charge >= 0.3 is 0 Å². The molecule has 1 N–H and O–H groups in total. The zero-order valence-corrected chi connectivity index (χ0v) is 12.7. The van der Waals surface area contributed by atoms with Crippen LogP contribution in [-0.4, -0.2) is 19.9 Å². The number of hydrogen-bond acceptors (Lipinski definition) is 3. The van der Waals surface area contributed by atoms with Gasteiger partial charge in [-0.1, -0.05) is 29.3 Å². The van der Waals surface area contributed by atoms with Crippen LogP contribution in [0.25, 0.3) is 0 Å². The molecule has 0 saturated carbocycles. The van der Waals surface area contributed by atoms with Crippen molar-refractivity contribution in [3.8, 4) is 0 Å². The zero-order chi connectivity index (χ0) is 14.6. The molecule has 0 bridgehead atoms. The molecule has 0 saturated heterocycles. The SMILES string of the molecule is O=S(=O)(NCCc1ccccn1)c1cc(Cl)ccc1Cl. The number of pyridine rings is 1. The lowest BCUT2D eigenvalue weighted by Gasteiger charge is -2.08. The number of benzene rings is 1. The molecule has 0 aliphatic heterocycles. The van der Waals surface area contributed by atoms with E-state index in [4.69, 9.17) is 23.2 Å². The molecule has 0 atom stereocenters. The van der Waals surface area contributed by atoms with Crippen molar-refractivity contribution >= 4 is 33.2 Å². The van der Waals surface area contributed by atoms with Crippen LogP contribution in [0.1, 0.15) is 5.69 Å². The Balaban J connectivity index is 2.06. The van der Waals surface area contributed by atoms with Crippen molar-refractivity contribution in [2.45, 2.75) is 11.3 Å². The fraction of sp³-hybridized carbons (Fsp3) is 0.154. The summed E-state index contributed by atoms with van der Waals surface area (Å²) in [5, 5.41) is 0.458. The Morgan fingerprint density at radius 2 is 1.95 bits per heavy atom. The van der Waals surface area contributed by atoms with Gasteiger partial charge in [0.2, 0.25) is 10.0 Å². The van der Waals surface area contributed by atoms with Crippen molar-refractivity contribution < 1.29 is 8.42 Å². The van der Waals surface area contributed by atoms with Crippen LogP contribution >= 0.6 is 23.2 Å². The van der Waals surface area contributed by atoms with E-state index in [0.29, 0.717) is 11.4 Å². The van der Waals surface area contributed by atoms with Crippen molar-refractivity contribution in [2.24, 2.45) is 0 Å². The highest BCUT2D eigenvalue weighted by atomic mass is 35.5. The first-order valence-electron chi connectivity index (χ1n) is 5.84. The van der Waals surface area contributed by atoms with E-state index in [1.165, 1.54) is 18.2 Å². The average Bonchev–Trinajstić information content (AvgIpc) is 2.42. The summed E-state index contributed by atoms with van der Waals surface area (Å²) in [5.74, 6) is 0. The lowest BCUT2D eigenvalue weighted by molar-refractivity contribution is 0.581. The lowest BCUT2D eigenvalue weighted by atomic mass is 10.3. The summed E-state index contributed by atoms with van der Waals surface area (Å²) in [6.45, 7) is 0.238.